The number of para-hydroxylation sites is 1. The van der Waals surface area contributed by atoms with Crippen molar-refractivity contribution in [3.05, 3.63) is 83.4 Å². The van der Waals surface area contributed by atoms with Crippen molar-refractivity contribution in [2.75, 3.05) is 24.2 Å². The van der Waals surface area contributed by atoms with E-state index in [9.17, 15) is 9.59 Å². The van der Waals surface area contributed by atoms with Gasteiger partial charge in [-0.05, 0) is 50.5 Å². The van der Waals surface area contributed by atoms with E-state index in [0.29, 0.717) is 0 Å². The van der Waals surface area contributed by atoms with Crippen LogP contribution in [0.5, 0.6) is 0 Å². The summed E-state index contributed by atoms with van der Waals surface area (Å²) in [5.74, 6) is -0.233. The first kappa shape index (κ1) is 23.2. The smallest absolute Gasteiger partial charge is 0.282 e. The van der Waals surface area contributed by atoms with Gasteiger partial charge in [-0.15, -0.1) is 0 Å². The molecule has 0 aliphatic rings. The molecule has 0 bridgehead atoms. The number of carbonyl (C=O) groups excluding carboxylic acids is 2. The number of carbonyl (C=O) groups is 2. The molecule has 0 aromatic heterocycles. The number of rotatable bonds is 7. The van der Waals surface area contributed by atoms with Gasteiger partial charge in [-0.1, -0.05) is 66.2 Å². The minimum Gasteiger partial charge on any atom is -0.321 e. The van der Waals surface area contributed by atoms with Gasteiger partial charge in [-0.25, -0.2) is 0 Å². The van der Waals surface area contributed by atoms with E-state index < -0.39 is 6.04 Å². The second kappa shape index (κ2) is 10.2. The van der Waals surface area contributed by atoms with Crippen LogP contribution in [0.25, 0.3) is 11.1 Å². The zero-order valence-corrected chi connectivity index (χ0v) is 19.5. The number of hydrogen-bond acceptors (Lipinski definition) is 2. The first-order valence-electron chi connectivity index (χ1n) is 10.9. The fraction of sp³-hybridized carbons (Fsp3) is 0.259. The Bertz CT molecular complexity index is 1090. The van der Waals surface area contributed by atoms with Crippen LogP contribution in [0, 0.1) is 20.8 Å². The molecule has 0 fully saturated rings. The molecule has 5 nitrogen and oxygen atoms in total. The summed E-state index contributed by atoms with van der Waals surface area (Å²) in [6.45, 7) is 8.06. The number of benzene rings is 3. The van der Waals surface area contributed by atoms with Crippen molar-refractivity contribution in [3.8, 4) is 11.1 Å². The topological polar surface area (TPSA) is 62.6 Å². The van der Waals surface area contributed by atoms with Crippen LogP contribution in [-0.4, -0.2) is 31.4 Å². The van der Waals surface area contributed by atoms with Crippen LogP contribution < -0.4 is 15.5 Å². The predicted molar refractivity (Wildman–Crippen MR) is 131 cm³/mol. The van der Waals surface area contributed by atoms with Gasteiger partial charge in [0.15, 0.2) is 12.6 Å². The molecule has 0 radical (unpaired) electrons. The van der Waals surface area contributed by atoms with E-state index in [2.05, 4.69) is 22.8 Å². The normalized spacial score (nSPS) is 12.7. The highest BCUT2D eigenvalue weighted by atomic mass is 16.2. The molecule has 3 aromatic rings. The highest BCUT2D eigenvalue weighted by Gasteiger charge is 2.25. The second-order valence-electron chi connectivity index (χ2n) is 8.47. The quantitative estimate of drug-likeness (QED) is 0.535. The SMILES string of the molecule is Cc1cc(C)c(NC(=O)C[NH+](C)[C@@H](C)C(=O)Nc2ccccc2-c2ccccc2)c(C)c1. The molecule has 32 heavy (non-hydrogen) atoms. The number of likely N-dealkylation sites (N-methyl/N-ethyl adjacent to an activating group) is 1. The lowest BCUT2D eigenvalue weighted by Gasteiger charge is -2.22. The third-order valence-corrected chi connectivity index (χ3v) is 5.78. The Kier molecular flexibility index (Phi) is 7.44. The Morgan fingerprint density at radius 2 is 1.47 bits per heavy atom. The molecular weight excluding hydrogens is 398 g/mol. The van der Waals surface area contributed by atoms with Crippen molar-refractivity contribution in [2.45, 2.75) is 33.7 Å². The van der Waals surface area contributed by atoms with E-state index in [1.54, 1.807) is 0 Å². The molecule has 0 aliphatic heterocycles. The summed E-state index contributed by atoms with van der Waals surface area (Å²) in [6.07, 6.45) is 0. The molecule has 3 N–H and O–H groups in total. The van der Waals surface area contributed by atoms with Gasteiger partial charge < -0.3 is 15.5 Å². The summed E-state index contributed by atoms with van der Waals surface area (Å²) in [7, 11) is 1.86. The van der Waals surface area contributed by atoms with E-state index in [1.165, 1.54) is 5.56 Å². The van der Waals surface area contributed by atoms with Gasteiger partial charge in [-0.3, -0.25) is 9.59 Å². The highest BCUT2D eigenvalue weighted by Crippen LogP contribution is 2.27. The van der Waals surface area contributed by atoms with Crippen LogP contribution in [-0.2, 0) is 9.59 Å². The summed E-state index contributed by atoms with van der Waals surface area (Å²) >= 11 is 0. The van der Waals surface area contributed by atoms with Gasteiger partial charge in [0.25, 0.3) is 11.8 Å². The Morgan fingerprint density at radius 3 is 2.12 bits per heavy atom. The van der Waals surface area contributed by atoms with Gasteiger partial charge in [0.2, 0.25) is 0 Å². The summed E-state index contributed by atoms with van der Waals surface area (Å²) in [5.41, 5.74) is 6.87. The summed E-state index contributed by atoms with van der Waals surface area (Å²) < 4.78 is 0. The number of anilines is 2. The minimum absolute atomic E-state index is 0.109. The molecule has 166 valence electrons. The maximum atomic E-state index is 13.0. The summed E-state index contributed by atoms with van der Waals surface area (Å²) in [5, 5.41) is 6.06. The maximum absolute atomic E-state index is 13.0. The molecule has 0 saturated heterocycles. The van der Waals surface area contributed by atoms with Gasteiger partial charge >= 0.3 is 0 Å². The molecule has 3 rings (SSSR count). The van der Waals surface area contributed by atoms with Gasteiger partial charge in [0.1, 0.15) is 0 Å². The van der Waals surface area contributed by atoms with Gasteiger partial charge in [0.05, 0.1) is 7.05 Å². The van der Waals surface area contributed by atoms with E-state index in [4.69, 9.17) is 0 Å². The molecule has 0 heterocycles. The number of amides is 2. The minimum atomic E-state index is -0.398. The average Bonchev–Trinajstić information content (AvgIpc) is 2.76. The molecule has 0 saturated carbocycles. The molecule has 1 unspecified atom stereocenters. The predicted octanol–water partition coefficient (Wildman–Crippen LogP) is 3.76. The molecule has 2 atom stereocenters. The van der Waals surface area contributed by atoms with Crippen molar-refractivity contribution in [1.29, 1.82) is 0 Å². The molecular formula is C27H32N3O2+. The Hall–Kier alpha value is -3.44. The van der Waals surface area contributed by atoms with Crippen LogP contribution in [0.2, 0.25) is 0 Å². The zero-order valence-electron chi connectivity index (χ0n) is 19.5. The molecule has 2 amide bonds. The number of aryl methyl sites for hydroxylation is 3. The molecule has 0 spiro atoms. The maximum Gasteiger partial charge on any atom is 0.282 e. The van der Waals surface area contributed by atoms with Gasteiger partial charge in [0, 0.05) is 16.9 Å². The summed E-state index contributed by atoms with van der Waals surface area (Å²) in [6, 6.07) is 21.4. The van der Waals surface area contributed by atoms with Crippen LogP contribution in [0.1, 0.15) is 23.6 Å². The molecule has 5 heteroatoms. The largest absolute Gasteiger partial charge is 0.321 e. The Balaban J connectivity index is 1.65. The van der Waals surface area contributed by atoms with Crippen molar-refractivity contribution >= 4 is 23.2 Å². The monoisotopic (exact) mass is 430 g/mol. The third kappa shape index (κ3) is 5.62. The second-order valence-corrected chi connectivity index (χ2v) is 8.47. The first-order chi connectivity index (χ1) is 15.3. The first-order valence-corrected chi connectivity index (χ1v) is 10.9. The number of quaternary nitrogens is 1. The van der Waals surface area contributed by atoms with Crippen LogP contribution >= 0.6 is 0 Å². The summed E-state index contributed by atoms with van der Waals surface area (Å²) in [4.78, 5) is 26.5. The lowest BCUT2D eigenvalue weighted by molar-refractivity contribution is -0.885. The number of hydrogen-bond donors (Lipinski definition) is 3. The van der Waals surface area contributed by atoms with Crippen LogP contribution in [0.4, 0.5) is 11.4 Å². The Labute approximate surface area is 190 Å². The molecule has 3 aromatic carbocycles. The van der Waals surface area contributed by atoms with E-state index in [1.807, 2.05) is 89.3 Å². The van der Waals surface area contributed by atoms with E-state index in [0.717, 1.165) is 38.5 Å². The van der Waals surface area contributed by atoms with Crippen molar-refractivity contribution in [3.63, 3.8) is 0 Å². The lowest BCUT2D eigenvalue weighted by Crippen LogP contribution is -3.14. The fourth-order valence-electron chi connectivity index (χ4n) is 3.89. The van der Waals surface area contributed by atoms with Crippen molar-refractivity contribution in [1.82, 2.24) is 0 Å². The lowest BCUT2D eigenvalue weighted by atomic mass is 10.0. The van der Waals surface area contributed by atoms with Gasteiger partial charge in [-0.2, -0.15) is 0 Å². The third-order valence-electron chi connectivity index (χ3n) is 5.78. The van der Waals surface area contributed by atoms with E-state index in [-0.39, 0.29) is 18.4 Å². The van der Waals surface area contributed by atoms with Crippen LogP contribution in [0.3, 0.4) is 0 Å². The highest BCUT2D eigenvalue weighted by molar-refractivity contribution is 5.98. The average molecular weight is 431 g/mol. The van der Waals surface area contributed by atoms with Crippen LogP contribution in [0.15, 0.2) is 66.7 Å². The zero-order chi connectivity index (χ0) is 23.3. The van der Waals surface area contributed by atoms with Crippen molar-refractivity contribution < 1.29 is 14.5 Å². The number of nitrogens with one attached hydrogen (secondary N) is 3. The fourth-order valence-corrected chi connectivity index (χ4v) is 3.89. The van der Waals surface area contributed by atoms with E-state index >= 15 is 0 Å². The molecule has 0 aliphatic carbocycles. The van der Waals surface area contributed by atoms with Crippen molar-refractivity contribution in [2.24, 2.45) is 0 Å². The Morgan fingerprint density at radius 1 is 0.875 bits per heavy atom. The standard InChI is InChI=1S/C27H31N3O2/c1-18-15-19(2)26(20(3)16-18)29-25(31)17-30(5)21(4)27(32)28-24-14-10-9-13-23(24)22-11-7-6-8-12-22/h6-16,21H,17H2,1-5H3,(H,28,32)(H,29,31)/p+1/t21-/m0/s1.